The fourth-order valence-electron chi connectivity index (χ4n) is 3.37. The Morgan fingerprint density at radius 1 is 1.40 bits per heavy atom. The lowest BCUT2D eigenvalue weighted by Crippen LogP contribution is -2.42. The highest BCUT2D eigenvalue weighted by Gasteiger charge is 2.30. The minimum atomic E-state index is -0.149. The average molecular weight is 343 g/mol. The molecule has 0 saturated carbocycles. The number of amides is 2. The number of oxazole rings is 1. The molecule has 2 aromatic rings. The summed E-state index contributed by atoms with van der Waals surface area (Å²) in [6.07, 6.45) is 2.45. The molecule has 134 valence electrons. The van der Waals surface area contributed by atoms with E-state index in [4.69, 9.17) is 4.42 Å². The van der Waals surface area contributed by atoms with Crippen molar-refractivity contribution < 1.29 is 14.3 Å². The van der Waals surface area contributed by atoms with E-state index in [1.165, 1.54) is 11.1 Å². The maximum atomic E-state index is 12.8. The Labute approximate surface area is 147 Å². The van der Waals surface area contributed by atoms with Crippen LogP contribution in [-0.2, 0) is 13.0 Å². The third kappa shape index (κ3) is 3.85. The Balaban J connectivity index is 1.70. The van der Waals surface area contributed by atoms with Gasteiger partial charge in [-0.05, 0) is 44.2 Å². The van der Waals surface area contributed by atoms with Gasteiger partial charge in [0.2, 0.25) is 5.89 Å². The van der Waals surface area contributed by atoms with Gasteiger partial charge in [0.25, 0.3) is 0 Å². The molecule has 0 radical (unpaired) electrons. The Morgan fingerprint density at radius 3 is 2.92 bits per heavy atom. The van der Waals surface area contributed by atoms with Crippen molar-refractivity contribution in [1.29, 1.82) is 0 Å². The van der Waals surface area contributed by atoms with E-state index in [-0.39, 0.29) is 25.2 Å². The fourth-order valence-corrected chi connectivity index (χ4v) is 3.37. The number of aryl methyl sites for hydroxylation is 3. The summed E-state index contributed by atoms with van der Waals surface area (Å²) in [6, 6.07) is 8.16. The molecule has 2 amide bonds. The van der Waals surface area contributed by atoms with E-state index < -0.39 is 0 Å². The number of nitrogens with one attached hydrogen (secondary N) is 1. The highest BCUT2D eigenvalue weighted by molar-refractivity contribution is 5.75. The molecule has 0 spiro atoms. The third-order valence-electron chi connectivity index (χ3n) is 4.76. The molecule has 6 heteroatoms. The van der Waals surface area contributed by atoms with E-state index in [0.717, 1.165) is 24.3 Å². The number of aliphatic hydroxyl groups is 1. The van der Waals surface area contributed by atoms with Crippen molar-refractivity contribution in [1.82, 2.24) is 15.2 Å². The normalized spacial score (nSPS) is 15.9. The van der Waals surface area contributed by atoms with Gasteiger partial charge < -0.3 is 19.7 Å². The number of nitrogens with zero attached hydrogens (tertiary/aromatic N) is 2. The molecule has 1 atom stereocenters. The van der Waals surface area contributed by atoms with Crippen LogP contribution in [0, 0.1) is 13.8 Å². The number of aliphatic hydroxyl groups excluding tert-OH is 1. The molecule has 0 aliphatic heterocycles. The molecule has 1 aromatic carbocycles. The van der Waals surface area contributed by atoms with E-state index in [0.29, 0.717) is 18.9 Å². The summed E-state index contributed by atoms with van der Waals surface area (Å²) in [7, 11) is 0. The van der Waals surface area contributed by atoms with Crippen LogP contribution in [0.1, 0.15) is 47.4 Å². The summed E-state index contributed by atoms with van der Waals surface area (Å²) in [5, 5.41) is 12.1. The molecule has 1 aliphatic rings. The van der Waals surface area contributed by atoms with Crippen LogP contribution < -0.4 is 5.32 Å². The lowest BCUT2D eigenvalue weighted by molar-refractivity contribution is 0.163. The molecule has 0 unspecified atom stereocenters. The first kappa shape index (κ1) is 17.5. The minimum Gasteiger partial charge on any atom is -0.444 e. The molecule has 1 aliphatic carbocycles. The molecule has 0 saturated heterocycles. The number of fused-ring (bicyclic) bond motifs is 1. The van der Waals surface area contributed by atoms with Crippen molar-refractivity contribution in [3.8, 4) is 0 Å². The van der Waals surface area contributed by atoms with Crippen LogP contribution in [0.2, 0.25) is 0 Å². The monoisotopic (exact) mass is 343 g/mol. The van der Waals surface area contributed by atoms with Crippen molar-refractivity contribution in [2.24, 2.45) is 0 Å². The van der Waals surface area contributed by atoms with Gasteiger partial charge in [0.1, 0.15) is 5.76 Å². The van der Waals surface area contributed by atoms with E-state index in [1.54, 1.807) is 0 Å². The van der Waals surface area contributed by atoms with Crippen molar-refractivity contribution in [2.45, 2.75) is 45.7 Å². The Hall–Kier alpha value is -2.34. The van der Waals surface area contributed by atoms with Gasteiger partial charge in [-0.3, -0.25) is 0 Å². The molecule has 25 heavy (non-hydrogen) atoms. The van der Waals surface area contributed by atoms with Crippen LogP contribution in [-0.4, -0.2) is 34.2 Å². The van der Waals surface area contributed by atoms with E-state index in [9.17, 15) is 9.90 Å². The molecule has 6 nitrogen and oxygen atoms in total. The van der Waals surface area contributed by atoms with Crippen molar-refractivity contribution in [2.75, 3.05) is 13.2 Å². The number of urea groups is 1. The zero-order chi connectivity index (χ0) is 17.8. The van der Waals surface area contributed by atoms with Crippen LogP contribution in [0.5, 0.6) is 0 Å². The van der Waals surface area contributed by atoms with Gasteiger partial charge >= 0.3 is 6.03 Å². The fraction of sp³-hybridized carbons (Fsp3) is 0.474. The van der Waals surface area contributed by atoms with Crippen molar-refractivity contribution in [3.63, 3.8) is 0 Å². The van der Waals surface area contributed by atoms with E-state index in [1.807, 2.05) is 30.9 Å². The Morgan fingerprint density at radius 2 is 2.20 bits per heavy atom. The Kier molecular flexibility index (Phi) is 5.38. The first-order valence-corrected chi connectivity index (χ1v) is 8.76. The van der Waals surface area contributed by atoms with Crippen LogP contribution in [0.15, 0.2) is 28.7 Å². The molecular formula is C19H25N3O3. The van der Waals surface area contributed by atoms with Crippen LogP contribution >= 0.6 is 0 Å². The largest absolute Gasteiger partial charge is 0.444 e. The third-order valence-corrected chi connectivity index (χ3v) is 4.76. The first-order valence-electron chi connectivity index (χ1n) is 8.76. The second-order valence-electron chi connectivity index (χ2n) is 6.43. The van der Waals surface area contributed by atoms with Crippen molar-refractivity contribution >= 4 is 6.03 Å². The topological polar surface area (TPSA) is 78.6 Å². The zero-order valence-electron chi connectivity index (χ0n) is 14.8. The molecule has 1 aromatic heterocycles. The SMILES string of the molecule is Cc1nc(CNC(=O)N(CCCO)[C@@H]2CCc3ccccc32)oc1C. The first-order chi connectivity index (χ1) is 12.1. The smallest absolute Gasteiger partial charge is 0.318 e. The number of aromatic nitrogens is 1. The standard InChI is InChI=1S/C19H25N3O3/c1-13-14(2)25-18(21-13)12-20-19(24)22(10-5-11-23)17-9-8-15-6-3-4-7-16(15)17/h3-4,6-7,17,23H,5,8-12H2,1-2H3,(H,20,24)/t17-/m1/s1. The van der Waals surface area contributed by atoms with Crippen LogP contribution in [0.25, 0.3) is 0 Å². The summed E-state index contributed by atoms with van der Waals surface area (Å²) in [5.41, 5.74) is 3.35. The van der Waals surface area contributed by atoms with E-state index >= 15 is 0 Å². The second-order valence-corrected chi connectivity index (χ2v) is 6.43. The maximum Gasteiger partial charge on any atom is 0.318 e. The van der Waals surface area contributed by atoms with Gasteiger partial charge in [-0.2, -0.15) is 0 Å². The molecule has 0 fully saturated rings. The van der Waals surface area contributed by atoms with E-state index in [2.05, 4.69) is 22.4 Å². The summed E-state index contributed by atoms with van der Waals surface area (Å²) in [4.78, 5) is 18.9. The summed E-state index contributed by atoms with van der Waals surface area (Å²) >= 11 is 0. The molecule has 3 rings (SSSR count). The lowest BCUT2D eigenvalue weighted by atomic mass is 10.1. The quantitative estimate of drug-likeness (QED) is 0.845. The number of rotatable bonds is 6. The van der Waals surface area contributed by atoms with Gasteiger partial charge in [0.15, 0.2) is 0 Å². The second kappa shape index (κ2) is 7.70. The number of hydrogen-bond acceptors (Lipinski definition) is 4. The van der Waals surface area contributed by atoms with Crippen LogP contribution in [0.4, 0.5) is 4.79 Å². The molecular weight excluding hydrogens is 318 g/mol. The van der Waals surface area contributed by atoms with Gasteiger partial charge in [-0.25, -0.2) is 9.78 Å². The Bertz CT molecular complexity index is 722. The summed E-state index contributed by atoms with van der Waals surface area (Å²) in [6.45, 7) is 4.59. The number of carbonyl (C=O) groups excluding carboxylic acids is 1. The van der Waals surface area contributed by atoms with Gasteiger partial charge in [0, 0.05) is 13.2 Å². The highest BCUT2D eigenvalue weighted by atomic mass is 16.4. The predicted molar refractivity (Wildman–Crippen MR) is 94.1 cm³/mol. The zero-order valence-corrected chi connectivity index (χ0v) is 14.8. The number of hydrogen-bond donors (Lipinski definition) is 2. The van der Waals surface area contributed by atoms with Gasteiger partial charge in [0.05, 0.1) is 18.3 Å². The lowest BCUT2D eigenvalue weighted by Gasteiger charge is -2.29. The van der Waals surface area contributed by atoms with Crippen molar-refractivity contribution in [3.05, 3.63) is 52.7 Å². The highest BCUT2D eigenvalue weighted by Crippen LogP contribution is 2.35. The van der Waals surface area contributed by atoms with Gasteiger partial charge in [-0.15, -0.1) is 0 Å². The average Bonchev–Trinajstić information content (AvgIpc) is 3.17. The summed E-state index contributed by atoms with van der Waals surface area (Å²) < 4.78 is 5.52. The predicted octanol–water partition coefficient (Wildman–Crippen LogP) is 2.87. The van der Waals surface area contributed by atoms with Gasteiger partial charge in [-0.1, -0.05) is 24.3 Å². The summed E-state index contributed by atoms with van der Waals surface area (Å²) in [5.74, 6) is 1.28. The van der Waals surface area contributed by atoms with Crippen LogP contribution in [0.3, 0.4) is 0 Å². The number of benzene rings is 1. The molecule has 1 heterocycles. The maximum absolute atomic E-state index is 12.8. The number of carbonyl (C=O) groups is 1. The molecule has 2 N–H and O–H groups in total. The molecule has 0 bridgehead atoms. The minimum absolute atomic E-state index is 0.0517.